The molecular weight excluding hydrogens is 124 g/mol. The first kappa shape index (κ1) is 9.52. The summed E-state index contributed by atoms with van der Waals surface area (Å²) in [6.07, 6.45) is 0.700. The molecule has 1 unspecified atom stereocenters. The third-order valence-electron chi connectivity index (χ3n) is 1.84. The van der Waals surface area contributed by atoms with Gasteiger partial charge < -0.3 is 5.11 Å². The standard InChI is InChI=1S/C9H16O/c1-5-7-9(10,6-2)8(3)4/h8,10H,6H2,1-4H3. The van der Waals surface area contributed by atoms with Crippen molar-refractivity contribution in [2.24, 2.45) is 5.92 Å². The van der Waals surface area contributed by atoms with Gasteiger partial charge in [-0.1, -0.05) is 26.7 Å². The Hall–Kier alpha value is -0.480. The molecule has 0 aliphatic rings. The Morgan fingerprint density at radius 1 is 1.50 bits per heavy atom. The van der Waals surface area contributed by atoms with E-state index < -0.39 is 5.60 Å². The zero-order valence-corrected chi connectivity index (χ0v) is 7.23. The van der Waals surface area contributed by atoms with Crippen LogP contribution in [0.2, 0.25) is 0 Å². The van der Waals surface area contributed by atoms with Crippen molar-refractivity contribution in [3.63, 3.8) is 0 Å². The lowest BCUT2D eigenvalue weighted by atomic mass is 9.88. The lowest BCUT2D eigenvalue weighted by Gasteiger charge is -2.24. The van der Waals surface area contributed by atoms with Crippen molar-refractivity contribution in [2.45, 2.75) is 39.7 Å². The summed E-state index contributed by atoms with van der Waals surface area (Å²) in [5.74, 6) is 5.77. The molecule has 0 aromatic carbocycles. The first-order valence-corrected chi connectivity index (χ1v) is 3.73. The Morgan fingerprint density at radius 3 is 2.10 bits per heavy atom. The smallest absolute Gasteiger partial charge is 0.127 e. The molecule has 0 saturated carbocycles. The van der Waals surface area contributed by atoms with Gasteiger partial charge in [-0.15, -0.1) is 5.92 Å². The summed E-state index contributed by atoms with van der Waals surface area (Å²) >= 11 is 0. The predicted molar refractivity (Wildman–Crippen MR) is 43.5 cm³/mol. The highest BCUT2D eigenvalue weighted by Crippen LogP contribution is 2.19. The van der Waals surface area contributed by atoms with Gasteiger partial charge in [-0.05, 0) is 19.3 Å². The third kappa shape index (κ3) is 2.04. The Labute approximate surface area is 63.5 Å². The molecule has 10 heavy (non-hydrogen) atoms. The topological polar surface area (TPSA) is 20.2 Å². The maximum Gasteiger partial charge on any atom is 0.127 e. The minimum atomic E-state index is -0.769. The lowest BCUT2D eigenvalue weighted by Crippen LogP contribution is -2.32. The first-order valence-electron chi connectivity index (χ1n) is 3.73. The van der Waals surface area contributed by atoms with Gasteiger partial charge in [0.25, 0.3) is 0 Å². The predicted octanol–water partition coefficient (Wildman–Crippen LogP) is 1.81. The number of hydrogen-bond acceptors (Lipinski definition) is 1. The van der Waals surface area contributed by atoms with Gasteiger partial charge in [0.05, 0.1) is 0 Å². The van der Waals surface area contributed by atoms with Crippen molar-refractivity contribution in [2.75, 3.05) is 0 Å². The van der Waals surface area contributed by atoms with E-state index in [2.05, 4.69) is 11.8 Å². The molecule has 1 nitrogen and oxygen atoms in total. The molecule has 0 aromatic rings. The molecule has 1 N–H and O–H groups in total. The average molecular weight is 140 g/mol. The fraction of sp³-hybridized carbons (Fsp3) is 0.778. The van der Waals surface area contributed by atoms with Crippen molar-refractivity contribution in [1.29, 1.82) is 0 Å². The van der Waals surface area contributed by atoms with E-state index in [4.69, 9.17) is 0 Å². The quantitative estimate of drug-likeness (QED) is 0.580. The summed E-state index contributed by atoms with van der Waals surface area (Å²) in [6.45, 7) is 7.66. The van der Waals surface area contributed by atoms with E-state index in [0.29, 0.717) is 6.42 Å². The number of hydrogen-bond donors (Lipinski definition) is 1. The Kier molecular flexibility index (Phi) is 3.46. The third-order valence-corrected chi connectivity index (χ3v) is 1.84. The van der Waals surface area contributed by atoms with Crippen molar-refractivity contribution in [1.82, 2.24) is 0 Å². The van der Waals surface area contributed by atoms with Gasteiger partial charge in [-0.3, -0.25) is 0 Å². The van der Waals surface area contributed by atoms with Crippen molar-refractivity contribution < 1.29 is 5.11 Å². The van der Waals surface area contributed by atoms with Crippen LogP contribution in [-0.2, 0) is 0 Å². The molecule has 0 aromatic heterocycles. The van der Waals surface area contributed by atoms with Crippen LogP contribution in [0.1, 0.15) is 34.1 Å². The second-order valence-corrected chi connectivity index (χ2v) is 2.81. The fourth-order valence-electron chi connectivity index (χ4n) is 0.857. The SMILES string of the molecule is CC#CC(O)(CC)C(C)C. The van der Waals surface area contributed by atoms with E-state index in [1.807, 2.05) is 20.8 Å². The molecule has 0 fully saturated rings. The molecule has 0 aliphatic carbocycles. The zero-order valence-electron chi connectivity index (χ0n) is 7.23. The van der Waals surface area contributed by atoms with Crippen LogP contribution in [0.5, 0.6) is 0 Å². The molecule has 1 heteroatoms. The van der Waals surface area contributed by atoms with Crippen LogP contribution in [-0.4, -0.2) is 10.7 Å². The number of rotatable bonds is 2. The molecular formula is C9H16O. The van der Waals surface area contributed by atoms with E-state index in [1.54, 1.807) is 6.92 Å². The summed E-state index contributed by atoms with van der Waals surface area (Å²) < 4.78 is 0. The van der Waals surface area contributed by atoms with Crippen molar-refractivity contribution >= 4 is 0 Å². The van der Waals surface area contributed by atoms with Crippen LogP contribution in [0.25, 0.3) is 0 Å². The fourth-order valence-corrected chi connectivity index (χ4v) is 0.857. The highest BCUT2D eigenvalue weighted by Gasteiger charge is 2.25. The molecule has 58 valence electrons. The van der Waals surface area contributed by atoms with Crippen molar-refractivity contribution in [3.05, 3.63) is 0 Å². The molecule has 0 saturated heterocycles. The summed E-state index contributed by atoms with van der Waals surface area (Å²) in [4.78, 5) is 0. The van der Waals surface area contributed by atoms with E-state index in [0.717, 1.165) is 0 Å². The van der Waals surface area contributed by atoms with Crippen molar-refractivity contribution in [3.8, 4) is 11.8 Å². The molecule has 0 rings (SSSR count). The van der Waals surface area contributed by atoms with E-state index in [1.165, 1.54) is 0 Å². The monoisotopic (exact) mass is 140 g/mol. The van der Waals surface area contributed by atoms with Gasteiger partial charge in [0.15, 0.2) is 0 Å². The van der Waals surface area contributed by atoms with Gasteiger partial charge in [0, 0.05) is 0 Å². The first-order chi connectivity index (χ1) is 4.56. The molecule has 0 bridgehead atoms. The average Bonchev–Trinajstić information content (AvgIpc) is 1.88. The summed E-state index contributed by atoms with van der Waals surface area (Å²) in [5.41, 5.74) is -0.769. The molecule has 1 atom stereocenters. The van der Waals surface area contributed by atoms with Crippen LogP contribution in [0.3, 0.4) is 0 Å². The van der Waals surface area contributed by atoms with Gasteiger partial charge in [0.1, 0.15) is 5.60 Å². The normalized spacial score (nSPS) is 15.8. The zero-order chi connectivity index (χ0) is 8.20. The van der Waals surface area contributed by atoms with Gasteiger partial charge in [0.2, 0.25) is 0 Å². The summed E-state index contributed by atoms with van der Waals surface area (Å²) in [6, 6.07) is 0. The van der Waals surface area contributed by atoms with Crippen LogP contribution in [0, 0.1) is 17.8 Å². The van der Waals surface area contributed by atoms with Crippen LogP contribution >= 0.6 is 0 Å². The summed E-state index contributed by atoms with van der Waals surface area (Å²) in [5, 5.41) is 9.72. The minimum absolute atomic E-state index is 0.213. The molecule has 0 heterocycles. The molecule has 0 spiro atoms. The second kappa shape index (κ2) is 3.63. The van der Waals surface area contributed by atoms with Gasteiger partial charge in [-0.25, -0.2) is 0 Å². The second-order valence-electron chi connectivity index (χ2n) is 2.81. The lowest BCUT2D eigenvalue weighted by molar-refractivity contribution is 0.0495. The van der Waals surface area contributed by atoms with E-state index >= 15 is 0 Å². The maximum atomic E-state index is 9.72. The Bertz CT molecular complexity index is 150. The Morgan fingerprint density at radius 2 is 2.00 bits per heavy atom. The molecule has 0 aliphatic heterocycles. The highest BCUT2D eigenvalue weighted by molar-refractivity contribution is 5.12. The van der Waals surface area contributed by atoms with Gasteiger partial charge in [-0.2, -0.15) is 0 Å². The van der Waals surface area contributed by atoms with Crippen LogP contribution in [0.4, 0.5) is 0 Å². The van der Waals surface area contributed by atoms with Crippen LogP contribution in [0.15, 0.2) is 0 Å². The Balaban J connectivity index is 4.33. The molecule has 0 radical (unpaired) electrons. The summed E-state index contributed by atoms with van der Waals surface area (Å²) in [7, 11) is 0. The van der Waals surface area contributed by atoms with Gasteiger partial charge >= 0.3 is 0 Å². The van der Waals surface area contributed by atoms with E-state index in [9.17, 15) is 5.11 Å². The maximum absolute atomic E-state index is 9.72. The largest absolute Gasteiger partial charge is 0.377 e. The number of aliphatic hydroxyl groups is 1. The highest BCUT2D eigenvalue weighted by atomic mass is 16.3. The van der Waals surface area contributed by atoms with E-state index in [-0.39, 0.29) is 5.92 Å². The van der Waals surface area contributed by atoms with Crippen LogP contribution < -0.4 is 0 Å². The minimum Gasteiger partial charge on any atom is -0.377 e. The molecule has 0 amide bonds.